The molecule has 0 radical (unpaired) electrons. The van der Waals surface area contributed by atoms with Crippen LogP contribution < -0.4 is 5.32 Å². The van der Waals surface area contributed by atoms with E-state index in [2.05, 4.69) is 5.32 Å². The maximum absolute atomic E-state index is 11.9. The lowest BCUT2D eigenvalue weighted by Gasteiger charge is -2.13. The molecule has 5 heteroatoms. The lowest BCUT2D eigenvalue weighted by molar-refractivity contribution is -0.122. The first-order valence-electron chi connectivity index (χ1n) is 6.25. The van der Waals surface area contributed by atoms with Crippen molar-refractivity contribution >= 4 is 28.4 Å². The number of carbonyl (C=O) groups excluding carboxylic acids is 1. The van der Waals surface area contributed by atoms with Gasteiger partial charge >= 0.3 is 0 Å². The van der Waals surface area contributed by atoms with Crippen LogP contribution in [-0.2, 0) is 11.3 Å². The van der Waals surface area contributed by atoms with Crippen LogP contribution in [0.3, 0.4) is 0 Å². The summed E-state index contributed by atoms with van der Waals surface area (Å²) in [5.41, 5.74) is 0.942. The topological polar surface area (TPSA) is 54.3 Å². The van der Waals surface area contributed by atoms with Gasteiger partial charge in [0.2, 0.25) is 5.91 Å². The van der Waals surface area contributed by atoms with Crippen LogP contribution in [0.5, 0.6) is 0 Å². The largest absolute Gasteiger partial charge is 0.396 e. The molecular formula is C14H17ClN2O2. The Labute approximate surface area is 117 Å². The molecule has 1 atom stereocenters. The summed E-state index contributed by atoms with van der Waals surface area (Å²) in [6.07, 6.45) is 2.43. The molecule has 4 nitrogen and oxygen atoms in total. The highest BCUT2D eigenvalue weighted by atomic mass is 35.5. The van der Waals surface area contributed by atoms with E-state index >= 15 is 0 Å². The van der Waals surface area contributed by atoms with Crippen LogP contribution in [-0.4, -0.2) is 28.2 Å². The van der Waals surface area contributed by atoms with Crippen LogP contribution in [0.2, 0.25) is 5.02 Å². The summed E-state index contributed by atoms with van der Waals surface area (Å²) in [6, 6.07) is 7.54. The summed E-state index contributed by atoms with van der Waals surface area (Å²) in [5.74, 6) is -0.0709. The first kappa shape index (κ1) is 13.9. The molecule has 0 aliphatic carbocycles. The van der Waals surface area contributed by atoms with Crippen molar-refractivity contribution in [3.63, 3.8) is 0 Å². The van der Waals surface area contributed by atoms with Gasteiger partial charge in [0.05, 0.1) is 0 Å². The Bertz CT molecular complexity index is 580. The van der Waals surface area contributed by atoms with Gasteiger partial charge in [-0.2, -0.15) is 0 Å². The molecule has 0 fully saturated rings. The van der Waals surface area contributed by atoms with Crippen molar-refractivity contribution < 1.29 is 9.90 Å². The Morgan fingerprint density at radius 1 is 1.47 bits per heavy atom. The van der Waals surface area contributed by atoms with Gasteiger partial charge in [-0.15, -0.1) is 0 Å². The number of nitrogens with zero attached hydrogens (tertiary/aromatic N) is 1. The van der Waals surface area contributed by atoms with E-state index in [0.29, 0.717) is 11.4 Å². The maximum atomic E-state index is 11.9. The summed E-state index contributed by atoms with van der Waals surface area (Å²) < 4.78 is 1.86. The molecule has 2 rings (SSSR count). The van der Waals surface area contributed by atoms with Gasteiger partial charge in [-0.1, -0.05) is 17.7 Å². The Morgan fingerprint density at radius 2 is 2.26 bits per heavy atom. The average Bonchev–Trinajstić information content (AvgIpc) is 2.72. The van der Waals surface area contributed by atoms with Crippen molar-refractivity contribution in [3.8, 4) is 0 Å². The Hall–Kier alpha value is -1.52. The molecule has 19 heavy (non-hydrogen) atoms. The van der Waals surface area contributed by atoms with Gasteiger partial charge in [0.1, 0.15) is 6.54 Å². The first-order chi connectivity index (χ1) is 9.10. The molecule has 2 N–H and O–H groups in total. The van der Waals surface area contributed by atoms with Crippen molar-refractivity contribution in [2.45, 2.75) is 25.9 Å². The molecule has 2 aromatic rings. The van der Waals surface area contributed by atoms with E-state index in [0.717, 1.165) is 10.9 Å². The number of halogens is 1. The molecule has 0 aliphatic heterocycles. The molecule has 1 unspecified atom stereocenters. The maximum Gasteiger partial charge on any atom is 0.240 e. The van der Waals surface area contributed by atoms with Gasteiger partial charge in [-0.25, -0.2) is 0 Å². The molecule has 0 saturated carbocycles. The Kier molecular flexibility index (Phi) is 4.45. The predicted octanol–water partition coefficient (Wildman–Crippen LogP) is 2.18. The second kappa shape index (κ2) is 6.08. The SMILES string of the molecule is CC(CCO)NC(=O)Cn1ccc2ccc(Cl)cc21. The number of rotatable bonds is 5. The van der Waals surface area contributed by atoms with Crippen LogP contribution in [0.1, 0.15) is 13.3 Å². The number of hydrogen-bond acceptors (Lipinski definition) is 2. The molecule has 1 aromatic carbocycles. The number of hydrogen-bond donors (Lipinski definition) is 2. The fourth-order valence-electron chi connectivity index (χ4n) is 2.04. The highest BCUT2D eigenvalue weighted by Crippen LogP contribution is 2.20. The van der Waals surface area contributed by atoms with E-state index in [4.69, 9.17) is 16.7 Å². The molecular weight excluding hydrogens is 264 g/mol. The number of benzene rings is 1. The number of aromatic nitrogens is 1. The second-order valence-electron chi connectivity index (χ2n) is 4.63. The summed E-state index contributed by atoms with van der Waals surface area (Å²) in [7, 11) is 0. The molecule has 1 amide bonds. The summed E-state index contributed by atoms with van der Waals surface area (Å²) >= 11 is 5.97. The summed E-state index contributed by atoms with van der Waals surface area (Å²) in [5, 5.41) is 13.4. The molecule has 0 spiro atoms. The fraction of sp³-hybridized carbons (Fsp3) is 0.357. The third kappa shape index (κ3) is 3.49. The minimum atomic E-state index is -0.0709. The van der Waals surface area contributed by atoms with Crippen molar-refractivity contribution in [1.29, 1.82) is 0 Å². The third-order valence-electron chi connectivity index (χ3n) is 3.02. The Morgan fingerprint density at radius 3 is 3.00 bits per heavy atom. The Balaban J connectivity index is 2.08. The molecule has 1 heterocycles. The molecule has 0 bridgehead atoms. The molecule has 1 aromatic heterocycles. The number of amides is 1. The number of fused-ring (bicyclic) bond motifs is 1. The fourth-order valence-corrected chi connectivity index (χ4v) is 2.20. The van der Waals surface area contributed by atoms with Gasteiger partial charge in [-0.3, -0.25) is 4.79 Å². The number of aliphatic hydroxyl groups is 1. The van der Waals surface area contributed by atoms with E-state index in [1.54, 1.807) is 0 Å². The van der Waals surface area contributed by atoms with Gasteiger partial charge in [-0.05, 0) is 36.9 Å². The van der Waals surface area contributed by atoms with Crippen molar-refractivity contribution in [1.82, 2.24) is 9.88 Å². The highest BCUT2D eigenvalue weighted by Gasteiger charge is 2.09. The van der Waals surface area contributed by atoms with Crippen LogP contribution >= 0.6 is 11.6 Å². The van der Waals surface area contributed by atoms with Crippen LogP contribution in [0, 0.1) is 0 Å². The summed E-state index contributed by atoms with van der Waals surface area (Å²) in [6.45, 7) is 2.20. The van der Waals surface area contributed by atoms with Gasteiger partial charge < -0.3 is 15.0 Å². The number of nitrogens with one attached hydrogen (secondary N) is 1. The standard InChI is InChI=1S/C14H17ClN2O2/c1-10(5-7-18)16-14(19)9-17-6-4-11-2-3-12(15)8-13(11)17/h2-4,6,8,10,18H,5,7,9H2,1H3,(H,16,19). The number of aliphatic hydroxyl groups excluding tert-OH is 1. The van der Waals surface area contributed by atoms with Crippen LogP contribution in [0.25, 0.3) is 10.9 Å². The highest BCUT2D eigenvalue weighted by molar-refractivity contribution is 6.31. The lowest BCUT2D eigenvalue weighted by atomic mass is 10.2. The van der Waals surface area contributed by atoms with Crippen molar-refractivity contribution in [2.75, 3.05) is 6.61 Å². The first-order valence-corrected chi connectivity index (χ1v) is 6.62. The van der Waals surface area contributed by atoms with E-state index in [1.807, 2.05) is 42.0 Å². The monoisotopic (exact) mass is 280 g/mol. The lowest BCUT2D eigenvalue weighted by Crippen LogP contribution is -2.35. The zero-order valence-electron chi connectivity index (χ0n) is 10.8. The molecule has 102 valence electrons. The molecule has 0 saturated heterocycles. The predicted molar refractivity (Wildman–Crippen MR) is 76.3 cm³/mol. The molecule has 0 aliphatic rings. The van der Waals surface area contributed by atoms with Crippen molar-refractivity contribution in [2.24, 2.45) is 0 Å². The zero-order valence-corrected chi connectivity index (χ0v) is 11.5. The van der Waals surface area contributed by atoms with Crippen LogP contribution in [0.4, 0.5) is 0 Å². The quantitative estimate of drug-likeness (QED) is 0.882. The van der Waals surface area contributed by atoms with Crippen LogP contribution in [0.15, 0.2) is 30.5 Å². The smallest absolute Gasteiger partial charge is 0.240 e. The average molecular weight is 281 g/mol. The minimum absolute atomic E-state index is 0.0251. The number of carbonyl (C=O) groups is 1. The minimum Gasteiger partial charge on any atom is -0.396 e. The zero-order chi connectivity index (χ0) is 13.8. The second-order valence-corrected chi connectivity index (χ2v) is 5.06. The van der Waals surface area contributed by atoms with E-state index in [-0.39, 0.29) is 25.1 Å². The van der Waals surface area contributed by atoms with Crippen molar-refractivity contribution in [3.05, 3.63) is 35.5 Å². The van der Waals surface area contributed by atoms with Gasteiger partial charge in [0, 0.05) is 29.4 Å². The third-order valence-corrected chi connectivity index (χ3v) is 3.25. The van der Waals surface area contributed by atoms with E-state index in [1.165, 1.54) is 0 Å². The van der Waals surface area contributed by atoms with Gasteiger partial charge in [0.25, 0.3) is 0 Å². The van der Waals surface area contributed by atoms with E-state index < -0.39 is 0 Å². The van der Waals surface area contributed by atoms with Gasteiger partial charge in [0.15, 0.2) is 0 Å². The normalized spacial score (nSPS) is 12.6. The van der Waals surface area contributed by atoms with E-state index in [9.17, 15) is 4.79 Å². The summed E-state index contributed by atoms with van der Waals surface area (Å²) in [4.78, 5) is 11.9.